The number of ether oxygens (including phenoxy) is 1. The number of pyridine rings is 1. The number of benzene rings is 1. The maximum absolute atomic E-state index is 12.1. The summed E-state index contributed by atoms with van der Waals surface area (Å²) < 4.78 is 6.86. The first-order valence-corrected chi connectivity index (χ1v) is 9.38. The van der Waals surface area contributed by atoms with E-state index in [4.69, 9.17) is 16.3 Å². The number of methoxy groups -OCH3 is 1. The minimum Gasteiger partial charge on any atom is -0.497 e. The highest BCUT2D eigenvalue weighted by Crippen LogP contribution is 2.35. The van der Waals surface area contributed by atoms with Crippen LogP contribution in [-0.2, 0) is 0 Å². The van der Waals surface area contributed by atoms with Crippen molar-refractivity contribution in [3.05, 3.63) is 52.3 Å². The molecule has 0 spiro atoms. The van der Waals surface area contributed by atoms with Crippen molar-refractivity contribution in [3.63, 3.8) is 0 Å². The van der Waals surface area contributed by atoms with Crippen molar-refractivity contribution in [2.45, 2.75) is 39.5 Å². The van der Waals surface area contributed by atoms with E-state index >= 15 is 0 Å². The van der Waals surface area contributed by atoms with Gasteiger partial charge in [-0.25, -0.2) is 9.78 Å². The average Bonchev–Trinajstić information content (AvgIpc) is 3.02. The Morgan fingerprint density at radius 2 is 2.00 bits per heavy atom. The van der Waals surface area contributed by atoms with E-state index in [1.54, 1.807) is 29.7 Å². The first kappa shape index (κ1) is 19.2. The molecule has 0 saturated heterocycles. The van der Waals surface area contributed by atoms with Crippen LogP contribution in [0.5, 0.6) is 5.75 Å². The van der Waals surface area contributed by atoms with E-state index in [0.717, 1.165) is 24.0 Å². The van der Waals surface area contributed by atoms with Gasteiger partial charge in [-0.3, -0.25) is 4.40 Å². The Hall–Kier alpha value is -2.53. The van der Waals surface area contributed by atoms with Gasteiger partial charge in [0.1, 0.15) is 17.1 Å². The van der Waals surface area contributed by atoms with Gasteiger partial charge in [0, 0.05) is 11.8 Å². The van der Waals surface area contributed by atoms with Crippen molar-refractivity contribution in [1.82, 2.24) is 9.38 Å². The number of carboxylic acid groups (broad SMARTS) is 1. The van der Waals surface area contributed by atoms with Gasteiger partial charge in [-0.1, -0.05) is 31.5 Å². The molecule has 27 heavy (non-hydrogen) atoms. The SMILES string of the molecule is CCC(CC)c1cc(C)c2nc(-c3ccc(OC)cc3Cl)c(C(=O)O)n2c1. The van der Waals surface area contributed by atoms with Gasteiger partial charge in [0.05, 0.1) is 12.1 Å². The average molecular weight is 387 g/mol. The molecule has 2 aromatic heterocycles. The van der Waals surface area contributed by atoms with Crippen LogP contribution in [0.3, 0.4) is 0 Å². The number of carbonyl (C=O) groups is 1. The molecule has 142 valence electrons. The Morgan fingerprint density at radius 3 is 2.56 bits per heavy atom. The van der Waals surface area contributed by atoms with Gasteiger partial charge in [-0.05, 0) is 55.0 Å². The van der Waals surface area contributed by atoms with Crippen molar-refractivity contribution >= 4 is 23.2 Å². The predicted octanol–water partition coefficient (Wildman–Crippen LogP) is 5.57. The Labute approximate surface area is 163 Å². The number of imidazole rings is 1. The molecule has 3 rings (SSSR count). The summed E-state index contributed by atoms with van der Waals surface area (Å²) in [7, 11) is 1.56. The standard InChI is InChI=1S/C21H23ClN2O3/c1-5-13(6-2)14-9-12(3)20-23-18(19(21(25)26)24(20)11-14)16-8-7-15(27-4)10-17(16)22/h7-11,13H,5-6H2,1-4H3,(H,25,26). The summed E-state index contributed by atoms with van der Waals surface area (Å²) in [4.78, 5) is 16.7. The molecular formula is C21H23ClN2O3. The maximum Gasteiger partial charge on any atom is 0.355 e. The fraction of sp³-hybridized carbons (Fsp3) is 0.333. The molecule has 0 aliphatic heterocycles. The molecule has 0 atom stereocenters. The minimum atomic E-state index is -1.04. The molecule has 2 heterocycles. The zero-order valence-corrected chi connectivity index (χ0v) is 16.7. The number of aromatic carboxylic acids is 1. The maximum atomic E-state index is 12.1. The van der Waals surface area contributed by atoms with Crippen molar-refractivity contribution in [3.8, 4) is 17.0 Å². The molecule has 0 saturated carbocycles. The van der Waals surface area contributed by atoms with Crippen LogP contribution >= 0.6 is 11.6 Å². The van der Waals surface area contributed by atoms with Crippen LogP contribution in [0, 0.1) is 6.92 Å². The van der Waals surface area contributed by atoms with E-state index in [0.29, 0.717) is 33.6 Å². The lowest BCUT2D eigenvalue weighted by molar-refractivity contribution is 0.0690. The normalized spacial score (nSPS) is 11.3. The van der Waals surface area contributed by atoms with Crippen LogP contribution in [0.15, 0.2) is 30.5 Å². The van der Waals surface area contributed by atoms with Crippen LogP contribution in [0.25, 0.3) is 16.9 Å². The molecule has 3 aromatic rings. The lowest BCUT2D eigenvalue weighted by Gasteiger charge is -2.14. The summed E-state index contributed by atoms with van der Waals surface area (Å²) in [6, 6.07) is 7.26. The molecule has 5 nitrogen and oxygen atoms in total. The first-order chi connectivity index (χ1) is 12.9. The number of aromatic nitrogens is 2. The summed E-state index contributed by atoms with van der Waals surface area (Å²) in [6.07, 6.45) is 3.89. The lowest BCUT2D eigenvalue weighted by atomic mass is 9.94. The van der Waals surface area contributed by atoms with E-state index in [1.165, 1.54) is 0 Å². The number of rotatable bonds is 6. The molecule has 1 N–H and O–H groups in total. The summed E-state index contributed by atoms with van der Waals surface area (Å²) in [5, 5.41) is 10.3. The van der Waals surface area contributed by atoms with Crippen LogP contribution in [-0.4, -0.2) is 27.6 Å². The van der Waals surface area contributed by atoms with E-state index in [2.05, 4.69) is 24.9 Å². The van der Waals surface area contributed by atoms with Crippen molar-refractivity contribution < 1.29 is 14.6 Å². The van der Waals surface area contributed by atoms with Gasteiger partial charge in [-0.15, -0.1) is 0 Å². The summed E-state index contributed by atoms with van der Waals surface area (Å²) >= 11 is 6.39. The summed E-state index contributed by atoms with van der Waals surface area (Å²) in [6.45, 7) is 6.24. The Kier molecular flexibility index (Phi) is 5.42. The van der Waals surface area contributed by atoms with E-state index in [9.17, 15) is 9.90 Å². The number of aryl methyl sites for hydroxylation is 1. The molecule has 0 aliphatic rings. The van der Waals surface area contributed by atoms with Gasteiger partial charge >= 0.3 is 5.97 Å². The first-order valence-electron chi connectivity index (χ1n) is 9.01. The van der Waals surface area contributed by atoms with Gasteiger partial charge < -0.3 is 9.84 Å². The third-order valence-corrected chi connectivity index (χ3v) is 5.33. The molecule has 0 aliphatic carbocycles. The van der Waals surface area contributed by atoms with Crippen molar-refractivity contribution in [1.29, 1.82) is 0 Å². The molecule has 0 amide bonds. The number of halogens is 1. The zero-order chi connectivity index (χ0) is 19.7. The topological polar surface area (TPSA) is 63.8 Å². The molecular weight excluding hydrogens is 364 g/mol. The highest BCUT2D eigenvalue weighted by molar-refractivity contribution is 6.33. The molecule has 6 heteroatoms. The Bertz CT molecular complexity index is 1010. The fourth-order valence-corrected chi connectivity index (χ4v) is 3.79. The predicted molar refractivity (Wildman–Crippen MR) is 107 cm³/mol. The molecule has 0 bridgehead atoms. The molecule has 0 fully saturated rings. The monoisotopic (exact) mass is 386 g/mol. The lowest BCUT2D eigenvalue weighted by Crippen LogP contribution is -2.06. The largest absolute Gasteiger partial charge is 0.497 e. The van der Waals surface area contributed by atoms with E-state index in [1.807, 2.05) is 13.1 Å². The third-order valence-electron chi connectivity index (χ3n) is 5.02. The van der Waals surface area contributed by atoms with Crippen molar-refractivity contribution in [2.24, 2.45) is 0 Å². The fourth-order valence-electron chi connectivity index (χ4n) is 3.53. The second-order valence-electron chi connectivity index (χ2n) is 6.62. The number of hydrogen-bond donors (Lipinski definition) is 1. The second kappa shape index (κ2) is 7.61. The number of carboxylic acids is 1. The quantitative estimate of drug-likeness (QED) is 0.601. The highest BCUT2D eigenvalue weighted by Gasteiger charge is 2.24. The smallest absolute Gasteiger partial charge is 0.355 e. The Balaban J connectivity index is 2.30. The highest BCUT2D eigenvalue weighted by atomic mass is 35.5. The second-order valence-corrected chi connectivity index (χ2v) is 7.03. The van der Waals surface area contributed by atoms with Crippen LogP contribution in [0.2, 0.25) is 5.02 Å². The van der Waals surface area contributed by atoms with Gasteiger partial charge in [0.25, 0.3) is 0 Å². The number of fused-ring (bicyclic) bond motifs is 1. The molecule has 1 aromatic carbocycles. The summed E-state index contributed by atoms with van der Waals surface area (Å²) in [5.41, 5.74) is 3.74. The third kappa shape index (κ3) is 3.39. The van der Waals surface area contributed by atoms with E-state index in [-0.39, 0.29) is 5.69 Å². The molecule has 0 unspecified atom stereocenters. The van der Waals surface area contributed by atoms with Gasteiger partial charge in [0.15, 0.2) is 5.69 Å². The molecule has 0 radical (unpaired) electrons. The van der Waals surface area contributed by atoms with Gasteiger partial charge in [0.2, 0.25) is 0 Å². The van der Waals surface area contributed by atoms with E-state index < -0.39 is 5.97 Å². The van der Waals surface area contributed by atoms with Gasteiger partial charge in [-0.2, -0.15) is 0 Å². The number of hydrogen-bond acceptors (Lipinski definition) is 3. The van der Waals surface area contributed by atoms with Crippen LogP contribution in [0.1, 0.15) is 54.2 Å². The number of nitrogens with zero attached hydrogens (tertiary/aromatic N) is 2. The zero-order valence-electron chi connectivity index (χ0n) is 15.9. The van der Waals surface area contributed by atoms with Crippen molar-refractivity contribution in [2.75, 3.05) is 7.11 Å². The van der Waals surface area contributed by atoms with Crippen LogP contribution < -0.4 is 4.74 Å². The minimum absolute atomic E-state index is 0.118. The Morgan fingerprint density at radius 1 is 1.30 bits per heavy atom. The van der Waals surface area contributed by atoms with Crippen LogP contribution in [0.4, 0.5) is 0 Å². The summed E-state index contributed by atoms with van der Waals surface area (Å²) in [5.74, 6) is -0.0489.